The quantitative estimate of drug-likeness (QED) is 0.691. The Bertz CT molecular complexity index is 937. The Hall–Kier alpha value is -3.20. The van der Waals surface area contributed by atoms with Crippen LogP contribution in [0.25, 0.3) is 5.78 Å². The largest absolute Gasteiger partial charge is 0.495 e. The van der Waals surface area contributed by atoms with Gasteiger partial charge in [0.25, 0.3) is 0 Å². The number of methoxy groups -OCH3 is 1. The number of rotatable bonds is 4. The smallest absolute Gasteiger partial charge is 0.234 e. The molecule has 6 heteroatoms. The van der Waals surface area contributed by atoms with Crippen LogP contribution in [-0.2, 0) is 6.42 Å². The lowest BCUT2D eigenvalue weighted by molar-refractivity contribution is 0.103. The minimum Gasteiger partial charge on any atom is -0.495 e. The molecule has 0 saturated carbocycles. The molecule has 0 N–H and O–H groups in total. The predicted octanol–water partition coefficient (Wildman–Crippen LogP) is 2.40. The van der Waals surface area contributed by atoms with Crippen molar-refractivity contribution < 1.29 is 9.53 Å². The Morgan fingerprint density at radius 3 is 2.96 bits per heavy atom. The molecular weight excluding hydrogens is 292 g/mol. The molecule has 3 aromatic rings. The number of benzene rings is 1. The second kappa shape index (κ2) is 5.89. The van der Waals surface area contributed by atoms with Crippen molar-refractivity contribution in [1.82, 2.24) is 14.4 Å². The van der Waals surface area contributed by atoms with Crippen molar-refractivity contribution in [3.63, 3.8) is 0 Å². The maximum absolute atomic E-state index is 12.9. The highest BCUT2D eigenvalue weighted by Gasteiger charge is 2.21. The third kappa shape index (κ3) is 2.42. The molecule has 6 nitrogen and oxygen atoms in total. The fourth-order valence-electron chi connectivity index (χ4n) is 2.49. The molecule has 0 atom stereocenters. The topological polar surface area (TPSA) is 80.3 Å². The molecule has 23 heavy (non-hydrogen) atoms. The monoisotopic (exact) mass is 306 g/mol. The summed E-state index contributed by atoms with van der Waals surface area (Å²) in [5, 5.41) is 9.19. The van der Waals surface area contributed by atoms with E-state index in [0.29, 0.717) is 40.5 Å². The molecule has 114 valence electrons. The molecule has 0 unspecified atom stereocenters. The SMILES string of the molecule is CCc1nc2ncccn2c1C(=O)c1ccc(OC)c(C#N)c1. The number of carbonyl (C=O) groups is 1. The molecule has 2 aromatic heterocycles. The van der Waals surface area contributed by atoms with Gasteiger partial charge in [0.2, 0.25) is 11.6 Å². The predicted molar refractivity (Wildman–Crippen MR) is 83.5 cm³/mol. The average Bonchev–Trinajstić information content (AvgIpc) is 2.99. The molecule has 0 bridgehead atoms. The standard InChI is InChI=1S/C17H14N4O2/c1-3-13-15(21-8-4-7-19-17(21)20-13)16(22)11-5-6-14(23-2)12(9-11)10-18/h4-9H,3H2,1-2H3. The van der Waals surface area contributed by atoms with Gasteiger partial charge in [-0.15, -0.1) is 0 Å². The van der Waals surface area contributed by atoms with Gasteiger partial charge in [0.1, 0.15) is 17.5 Å². The van der Waals surface area contributed by atoms with Gasteiger partial charge in [0, 0.05) is 18.0 Å². The normalized spacial score (nSPS) is 10.5. The van der Waals surface area contributed by atoms with Crippen LogP contribution < -0.4 is 4.74 Å². The first-order chi connectivity index (χ1) is 11.2. The van der Waals surface area contributed by atoms with E-state index in [4.69, 9.17) is 4.74 Å². The lowest BCUT2D eigenvalue weighted by Gasteiger charge is -2.06. The van der Waals surface area contributed by atoms with Gasteiger partial charge in [-0.1, -0.05) is 6.92 Å². The number of fused-ring (bicyclic) bond motifs is 1. The van der Waals surface area contributed by atoms with Crippen molar-refractivity contribution in [1.29, 1.82) is 5.26 Å². The molecule has 0 saturated heterocycles. The summed E-state index contributed by atoms with van der Waals surface area (Å²) in [5.41, 5.74) is 1.90. The third-order valence-corrected chi connectivity index (χ3v) is 3.61. The highest BCUT2D eigenvalue weighted by molar-refractivity contribution is 6.09. The molecule has 0 aliphatic carbocycles. The molecule has 1 aromatic carbocycles. The average molecular weight is 306 g/mol. The molecule has 0 amide bonds. The molecular formula is C17H14N4O2. The Morgan fingerprint density at radius 2 is 2.26 bits per heavy atom. The van der Waals surface area contributed by atoms with Crippen LogP contribution in [0.4, 0.5) is 0 Å². The molecule has 2 heterocycles. The second-order valence-corrected chi connectivity index (χ2v) is 4.91. The number of imidazole rings is 1. The van der Waals surface area contributed by atoms with E-state index in [-0.39, 0.29) is 5.78 Å². The number of hydrogen-bond acceptors (Lipinski definition) is 5. The van der Waals surface area contributed by atoms with E-state index in [2.05, 4.69) is 9.97 Å². The highest BCUT2D eigenvalue weighted by atomic mass is 16.5. The maximum atomic E-state index is 12.9. The molecule has 0 spiro atoms. The number of nitriles is 1. The summed E-state index contributed by atoms with van der Waals surface area (Å²) in [6.07, 6.45) is 4.01. The van der Waals surface area contributed by atoms with Gasteiger partial charge in [-0.25, -0.2) is 9.97 Å². The molecule has 0 radical (unpaired) electrons. The molecule has 0 fully saturated rings. The van der Waals surface area contributed by atoms with E-state index in [0.717, 1.165) is 0 Å². The number of hydrogen-bond donors (Lipinski definition) is 0. The van der Waals surface area contributed by atoms with Crippen molar-refractivity contribution in [2.24, 2.45) is 0 Å². The molecule has 0 aliphatic rings. The van der Waals surface area contributed by atoms with Gasteiger partial charge in [-0.2, -0.15) is 5.26 Å². The van der Waals surface area contributed by atoms with Gasteiger partial charge in [-0.05, 0) is 30.7 Å². The fraction of sp³-hybridized carbons (Fsp3) is 0.176. The number of ketones is 1. The minimum absolute atomic E-state index is 0.193. The van der Waals surface area contributed by atoms with E-state index >= 15 is 0 Å². The summed E-state index contributed by atoms with van der Waals surface area (Å²) in [7, 11) is 1.49. The van der Waals surface area contributed by atoms with Crippen molar-refractivity contribution in [2.75, 3.05) is 7.11 Å². The lowest BCUT2D eigenvalue weighted by Crippen LogP contribution is -2.08. The zero-order valence-electron chi connectivity index (χ0n) is 12.8. The first kappa shape index (κ1) is 14.7. The van der Waals surface area contributed by atoms with Gasteiger partial charge < -0.3 is 4.74 Å². The van der Waals surface area contributed by atoms with E-state index in [1.54, 1.807) is 35.0 Å². The van der Waals surface area contributed by atoms with Crippen LogP contribution in [0.5, 0.6) is 5.75 Å². The number of nitrogens with zero attached hydrogens (tertiary/aromatic N) is 4. The third-order valence-electron chi connectivity index (χ3n) is 3.61. The van der Waals surface area contributed by atoms with E-state index < -0.39 is 0 Å². The van der Waals surface area contributed by atoms with E-state index in [1.807, 2.05) is 13.0 Å². The number of ether oxygens (including phenoxy) is 1. The lowest BCUT2D eigenvalue weighted by atomic mass is 10.0. The summed E-state index contributed by atoms with van der Waals surface area (Å²) in [5.74, 6) is 0.739. The highest BCUT2D eigenvalue weighted by Crippen LogP contribution is 2.22. The van der Waals surface area contributed by atoms with Crippen LogP contribution >= 0.6 is 0 Å². The van der Waals surface area contributed by atoms with Crippen LogP contribution in [0.3, 0.4) is 0 Å². The summed E-state index contributed by atoms with van der Waals surface area (Å²) < 4.78 is 6.79. The van der Waals surface area contributed by atoms with Gasteiger partial charge in [0.15, 0.2) is 0 Å². The zero-order chi connectivity index (χ0) is 16.4. The summed E-state index contributed by atoms with van der Waals surface area (Å²) in [4.78, 5) is 21.5. The Labute approximate surface area is 133 Å². The number of carbonyl (C=O) groups excluding carboxylic acids is 1. The number of aryl methyl sites for hydroxylation is 1. The Kier molecular flexibility index (Phi) is 3.77. The van der Waals surface area contributed by atoms with Gasteiger partial charge in [0.05, 0.1) is 18.4 Å². The van der Waals surface area contributed by atoms with E-state index in [1.165, 1.54) is 13.2 Å². The number of aromatic nitrogens is 3. The van der Waals surface area contributed by atoms with Gasteiger partial charge >= 0.3 is 0 Å². The van der Waals surface area contributed by atoms with Crippen LogP contribution in [0.2, 0.25) is 0 Å². The second-order valence-electron chi connectivity index (χ2n) is 4.91. The Morgan fingerprint density at radius 1 is 1.43 bits per heavy atom. The first-order valence-electron chi connectivity index (χ1n) is 7.14. The van der Waals surface area contributed by atoms with E-state index in [9.17, 15) is 10.1 Å². The minimum atomic E-state index is -0.193. The van der Waals surface area contributed by atoms with Crippen LogP contribution in [-0.4, -0.2) is 27.3 Å². The van der Waals surface area contributed by atoms with Crippen LogP contribution in [0.1, 0.15) is 34.2 Å². The van der Waals surface area contributed by atoms with Crippen molar-refractivity contribution >= 4 is 11.6 Å². The summed E-state index contributed by atoms with van der Waals surface area (Å²) in [6.45, 7) is 1.94. The van der Waals surface area contributed by atoms with Crippen molar-refractivity contribution in [2.45, 2.75) is 13.3 Å². The molecule has 3 rings (SSSR count). The summed E-state index contributed by atoms with van der Waals surface area (Å²) in [6, 6.07) is 8.60. The van der Waals surface area contributed by atoms with Crippen molar-refractivity contribution in [3.8, 4) is 11.8 Å². The maximum Gasteiger partial charge on any atom is 0.234 e. The first-order valence-corrected chi connectivity index (χ1v) is 7.14. The fourth-order valence-corrected chi connectivity index (χ4v) is 2.49. The van der Waals surface area contributed by atoms with Gasteiger partial charge in [-0.3, -0.25) is 9.20 Å². The zero-order valence-corrected chi connectivity index (χ0v) is 12.8. The van der Waals surface area contributed by atoms with Crippen molar-refractivity contribution in [3.05, 3.63) is 59.2 Å². The van der Waals surface area contributed by atoms with Crippen LogP contribution in [0.15, 0.2) is 36.7 Å². The summed E-state index contributed by atoms with van der Waals surface area (Å²) >= 11 is 0. The van der Waals surface area contributed by atoms with Crippen LogP contribution in [0, 0.1) is 11.3 Å². The molecule has 0 aliphatic heterocycles. The Balaban J connectivity index is 2.16.